The lowest BCUT2D eigenvalue weighted by Crippen LogP contribution is -2.10. The summed E-state index contributed by atoms with van der Waals surface area (Å²) in [5.74, 6) is -0.767. The Morgan fingerprint density at radius 3 is 2.83 bits per heavy atom. The fraction of sp³-hybridized carbons (Fsp3) is 0.667. The first-order chi connectivity index (χ1) is 5.66. The molecule has 0 saturated heterocycles. The van der Waals surface area contributed by atoms with Crippen LogP contribution in [0, 0.1) is 0 Å². The summed E-state index contributed by atoms with van der Waals surface area (Å²) in [6.07, 6.45) is 4.59. The van der Waals surface area contributed by atoms with Gasteiger partial charge in [0.2, 0.25) is 0 Å². The van der Waals surface area contributed by atoms with E-state index in [1.165, 1.54) is 0 Å². The zero-order valence-electron chi connectivity index (χ0n) is 7.62. The summed E-state index contributed by atoms with van der Waals surface area (Å²) in [4.78, 5) is 10.2. The Labute approximate surface area is 73.0 Å². The molecule has 0 bridgehead atoms. The predicted octanol–water partition coefficient (Wildman–Crippen LogP) is 1.83. The maximum Gasteiger partial charge on any atom is 0.303 e. The summed E-state index contributed by atoms with van der Waals surface area (Å²) in [5, 5.41) is 8.36. The second kappa shape index (κ2) is 6.85. The number of ether oxygens (including phenoxy) is 1. The van der Waals surface area contributed by atoms with Crippen molar-refractivity contribution in [3.8, 4) is 0 Å². The molecule has 1 N–H and O–H groups in total. The van der Waals surface area contributed by atoms with E-state index in [-0.39, 0.29) is 12.5 Å². The highest BCUT2D eigenvalue weighted by atomic mass is 16.5. The van der Waals surface area contributed by atoms with Crippen molar-refractivity contribution >= 4 is 5.97 Å². The average Bonchev–Trinajstić information content (AvgIpc) is 2.01. The van der Waals surface area contributed by atoms with Gasteiger partial charge in [0.15, 0.2) is 0 Å². The van der Waals surface area contributed by atoms with Gasteiger partial charge in [-0.15, -0.1) is 0 Å². The Kier molecular flexibility index (Phi) is 6.38. The van der Waals surface area contributed by atoms with Gasteiger partial charge in [0, 0.05) is 6.42 Å². The molecule has 0 rings (SSSR count). The van der Waals surface area contributed by atoms with E-state index in [4.69, 9.17) is 9.84 Å². The molecule has 3 heteroatoms. The van der Waals surface area contributed by atoms with Gasteiger partial charge in [-0.25, -0.2) is 0 Å². The molecule has 0 fully saturated rings. The van der Waals surface area contributed by atoms with Gasteiger partial charge in [-0.1, -0.05) is 12.2 Å². The normalized spacial score (nSPS) is 13.5. The van der Waals surface area contributed by atoms with Crippen LogP contribution in [0.1, 0.15) is 26.7 Å². The minimum atomic E-state index is -0.767. The van der Waals surface area contributed by atoms with Crippen molar-refractivity contribution in [2.24, 2.45) is 0 Å². The van der Waals surface area contributed by atoms with Crippen molar-refractivity contribution in [2.75, 3.05) is 6.61 Å². The van der Waals surface area contributed by atoms with Crippen molar-refractivity contribution in [3.05, 3.63) is 12.2 Å². The third-order valence-electron chi connectivity index (χ3n) is 1.48. The van der Waals surface area contributed by atoms with Crippen LogP contribution in [-0.4, -0.2) is 23.8 Å². The van der Waals surface area contributed by atoms with Gasteiger partial charge in [0.25, 0.3) is 0 Å². The van der Waals surface area contributed by atoms with E-state index in [0.29, 0.717) is 13.0 Å². The van der Waals surface area contributed by atoms with Crippen LogP contribution in [0.2, 0.25) is 0 Å². The molecule has 1 unspecified atom stereocenters. The molecular formula is C9H16O3. The van der Waals surface area contributed by atoms with E-state index in [2.05, 4.69) is 0 Å². The number of hydrogen-bond acceptors (Lipinski definition) is 2. The van der Waals surface area contributed by atoms with Crippen molar-refractivity contribution in [2.45, 2.75) is 32.8 Å². The Hall–Kier alpha value is -0.830. The Morgan fingerprint density at radius 2 is 2.33 bits per heavy atom. The summed E-state index contributed by atoms with van der Waals surface area (Å²) in [6, 6.07) is 0. The second-order valence-electron chi connectivity index (χ2n) is 2.65. The Bertz CT molecular complexity index is 152. The zero-order chi connectivity index (χ0) is 9.40. The van der Waals surface area contributed by atoms with E-state index >= 15 is 0 Å². The number of hydrogen-bond donors (Lipinski definition) is 1. The third-order valence-corrected chi connectivity index (χ3v) is 1.48. The molecule has 0 aromatic carbocycles. The third kappa shape index (κ3) is 7.28. The molecule has 0 amide bonds. The smallest absolute Gasteiger partial charge is 0.303 e. The molecule has 0 heterocycles. The first kappa shape index (κ1) is 11.2. The van der Waals surface area contributed by atoms with Crippen molar-refractivity contribution < 1.29 is 14.6 Å². The predicted molar refractivity (Wildman–Crippen MR) is 47.1 cm³/mol. The van der Waals surface area contributed by atoms with E-state index < -0.39 is 5.97 Å². The fourth-order valence-electron chi connectivity index (χ4n) is 0.726. The number of allylic oxidation sites excluding steroid dienone is 1. The van der Waals surface area contributed by atoms with Crippen LogP contribution in [0.15, 0.2) is 12.2 Å². The quantitative estimate of drug-likeness (QED) is 0.622. The molecule has 0 saturated carbocycles. The van der Waals surface area contributed by atoms with Gasteiger partial charge < -0.3 is 9.84 Å². The van der Waals surface area contributed by atoms with Crippen LogP contribution < -0.4 is 0 Å². The molecule has 3 nitrogen and oxygen atoms in total. The van der Waals surface area contributed by atoms with Gasteiger partial charge in [0.05, 0.1) is 12.7 Å². The summed E-state index contributed by atoms with van der Waals surface area (Å²) in [7, 11) is 0. The highest BCUT2D eigenvalue weighted by Gasteiger charge is 2.03. The minimum absolute atomic E-state index is 0.0253. The van der Waals surface area contributed by atoms with Crippen molar-refractivity contribution in [1.82, 2.24) is 0 Å². The van der Waals surface area contributed by atoms with Gasteiger partial charge in [-0.05, 0) is 20.3 Å². The van der Waals surface area contributed by atoms with Crippen LogP contribution in [-0.2, 0) is 9.53 Å². The Balaban J connectivity index is 3.33. The van der Waals surface area contributed by atoms with Gasteiger partial charge in [-0.2, -0.15) is 0 Å². The summed E-state index contributed by atoms with van der Waals surface area (Å²) in [5.41, 5.74) is 0. The molecule has 0 aliphatic rings. The number of rotatable bonds is 6. The van der Waals surface area contributed by atoms with E-state index in [0.717, 1.165) is 0 Å². The van der Waals surface area contributed by atoms with Crippen molar-refractivity contribution in [1.29, 1.82) is 0 Å². The monoisotopic (exact) mass is 172 g/mol. The molecular weight excluding hydrogens is 156 g/mol. The van der Waals surface area contributed by atoms with Gasteiger partial charge in [0.1, 0.15) is 0 Å². The van der Waals surface area contributed by atoms with Crippen molar-refractivity contribution in [3.63, 3.8) is 0 Å². The molecule has 12 heavy (non-hydrogen) atoms. The lowest BCUT2D eigenvalue weighted by atomic mass is 10.2. The number of carboxylic acid groups (broad SMARTS) is 1. The SMILES string of the molecule is CC=CCOC(C)CCC(=O)O. The van der Waals surface area contributed by atoms with Gasteiger partial charge in [-0.3, -0.25) is 4.79 Å². The van der Waals surface area contributed by atoms with E-state index in [1.807, 2.05) is 26.0 Å². The highest BCUT2D eigenvalue weighted by molar-refractivity contribution is 5.66. The first-order valence-electron chi connectivity index (χ1n) is 4.11. The standard InChI is InChI=1S/C9H16O3/c1-3-4-7-12-8(2)5-6-9(10)11/h3-4,8H,5-7H2,1-2H3,(H,10,11). The molecule has 0 aliphatic carbocycles. The average molecular weight is 172 g/mol. The molecule has 0 aromatic heterocycles. The lowest BCUT2D eigenvalue weighted by molar-refractivity contribution is -0.137. The molecule has 0 aliphatic heterocycles. The minimum Gasteiger partial charge on any atom is -0.481 e. The molecule has 1 atom stereocenters. The van der Waals surface area contributed by atoms with E-state index in [1.54, 1.807) is 0 Å². The van der Waals surface area contributed by atoms with Gasteiger partial charge >= 0.3 is 5.97 Å². The van der Waals surface area contributed by atoms with Crippen LogP contribution in [0.5, 0.6) is 0 Å². The van der Waals surface area contributed by atoms with Crippen LogP contribution in [0.25, 0.3) is 0 Å². The molecule has 0 spiro atoms. The molecule has 0 aromatic rings. The van der Waals surface area contributed by atoms with Crippen LogP contribution in [0.4, 0.5) is 0 Å². The second-order valence-corrected chi connectivity index (χ2v) is 2.65. The van der Waals surface area contributed by atoms with Crippen LogP contribution in [0.3, 0.4) is 0 Å². The maximum absolute atomic E-state index is 10.2. The summed E-state index contributed by atoms with van der Waals surface area (Å²) >= 11 is 0. The van der Waals surface area contributed by atoms with Crippen LogP contribution >= 0.6 is 0 Å². The van der Waals surface area contributed by atoms with E-state index in [9.17, 15) is 4.79 Å². The molecule has 0 radical (unpaired) electrons. The summed E-state index contributed by atoms with van der Waals surface area (Å²) in [6.45, 7) is 4.37. The number of aliphatic carboxylic acids is 1. The first-order valence-corrected chi connectivity index (χ1v) is 4.11. The number of carboxylic acids is 1. The topological polar surface area (TPSA) is 46.5 Å². The lowest BCUT2D eigenvalue weighted by Gasteiger charge is -2.09. The largest absolute Gasteiger partial charge is 0.481 e. The highest BCUT2D eigenvalue weighted by Crippen LogP contribution is 2.01. The number of carbonyl (C=O) groups is 1. The zero-order valence-corrected chi connectivity index (χ0v) is 7.62. The maximum atomic E-state index is 10.2. The Morgan fingerprint density at radius 1 is 1.67 bits per heavy atom. The fourth-order valence-corrected chi connectivity index (χ4v) is 0.726. The summed E-state index contributed by atoms with van der Waals surface area (Å²) < 4.78 is 5.28. The molecule has 70 valence electrons.